The molecule has 0 saturated carbocycles. The SMILES string of the molecule is NCCCCCCNc1nncs1. The number of nitrogens with two attached hydrogens (primary N) is 1. The maximum atomic E-state index is 5.39. The number of aromatic nitrogens is 2. The molecule has 1 rings (SSSR count). The molecule has 0 saturated heterocycles. The lowest BCUT2D eigenvalue weighted by molar-refractivity contribution is 0.661. The maximum Gasteiger partial charge on any atom is 0.205 e. The predicted octanol–water partition coefficient (Wildman–Crippen LogP) is 1.47. The quantitative estimate of drug-likeness (QED) is 0.654. The molecule has 0 aliphatic rings. The van der Waals surface area contributed by atoms with E-state index in [4.69, 9.17) is 5.73 Å². The van der Waals surface area contributed by atoms with Gasteiger partial charge in [-0.1, -0.05) is 24.2 Å². The minimum absolute atomic E-state index is 0.809. The minimum atomic E-state index is 0.809. The summed E-state index contributed by atoms with van der Waals surface area (Å²) in [5, 5.41) is 11.8. The van der Waals surface area contributed by atoms with E-state index >= 15 is 0 Å². The molecule has 0 aromatic carbocycles. The monoisotopic (exact) mass is 200 g/mol. The molecule has 3 N–H and O–H groups in total. The van der Waals surface area contributed by atoms with Crippen LogP contribution in [0.25, 0.3) is 0 Å². The van der Waals surface area contributed by atoms with Gasteiger partial charge in [-0.25, -0.2) is 0 Å². The fourth-order valence-electron chi connectivity index (χ4n) is 1.07. The van der Waals surface area contributed by atoms with E-state index in [1.165, 1.54) is 30.6 Å². The van der Waals surface area contributed by atoms with Crippen LogP contribution in [0.4, 0.5) is 5.13 Å². The number of hydrogen-bond donors (Lipinski definition) is 2. The third-order valence-electron chi connectivity index (χ3n) is 1.77. The summed E-state index contributed by atoms with van der Waals surface area (Å²) < 4.78 is 0. The Bertz CT molecular complexity index is 200. The second kappa shape index (κ2) is 6.80. The lowest BCUT2D eigenvalue weighted by Crippen LogP contribution is -2.02. The summed E-state index contributed by atoms with van der Waals surface area (Å²) in [5.41, 5.74) is 7.12. The lowest BCUT2D eigenvalue weighted by atomic mass is 10.2. The van der Waals surface area contributed by atoms with E-state index in [1.54, 1.807) is 5.51 Å². The van der Waals surface area contributed by atoms with E-state index in [2.05, 4.69) is 15.5 Å². The van der Waals surface area contributed by atoms with Gasteiger partial charge < -0.3 is 11.1 Å². The van der Waals surface area contributed by atoms with E-state index in [0.717, 1.165) is 24.6 Å². The number of hydrogen-bond acceptors (Lipinski definition) is 5. The molecule has 1 heterocycles. The summed E-state index contributed by atoms with van der Waals surface area (Å²) in [6.45, 7) is 1.80. The van der Waals surface area contributed by atoms with Crippen LogP contribution < -0.4 is 11.1 Å². The van der Waals surface area contributed by atoms with Crippen molar-refractivity contribution in [2.75, 3.05) is 18.4 Å². The molecule has 0 unspecified atom stereocenters. The second-order valence-corrected chi connectivity index (χ2v) is 3.71. The fourth-order valence-corrected chi connectivity index (χ4v) is 1.54. The van der Waals surface area contributed by atoms with Gasteiger partial charge in [-0.15, -0.1) is 10.2 Å². The summed E-state index contributed by atoms with van der Waals surface area (Å²) in [4.78, 5) is 0. The molecule has 1 aromatic rings. The standard InChI is InChI=1S/C8H16N4S/c9-5-3-1-2-4-6-10-8-12-11-7-13-8/h7H,1-6,9H2,(H,10,12). The number of rotatable bonds is 7. The van der Waals surface area contributed by atoms with E-state index < -0.39 is 0 Å². The van der Waals surface area contributed by atoms with Crippen LogP contribution in [-0.4, -0.2) is 23.3 Å². The first-order valence-electron chi connectivity index (χ1n) is 4.63. The maximum absolute atomic E-state index is 5.39. The van der Waals surface area contributed by atoms with Gasteiger partial charge >= 0.3 is 0 Å². The fraction of sp³-hybridized carbons (Fsp3) is 0.750. The number of nitrogens with one attached hydrogen (secondary N) is 1. The van der Waals surface area contributed by atoms with Gasteiger partial charge in [-0.05, 0) is 19.4 Å². The van der Waals surface area contributed by atoms with Crippen LogP contribution in [-0.2, 0) is 0 Å². The van der Waals surface area contributed by atoms with Gasteiger partial charge in [0.15, 0.2) is 0 Å². The summed E-state index contributed by atoms with van der Waals surface area (Å²) in [5.74, 6) is 0. The van der Waals surface area contributed by atoms with Crippen LogP contribution in [0.15, 0.2) is 5.51 Å². The van der Waals surface area contributed by atoms with Crippen molar-refractivity contribution in [1.29, 1.82) is 0 Å². The molecule has 0 bridgehead atoms. The van der Waals surface area contributed by atoms with Crippen molar-refractivity contribution in [3.8, 4) is 0 Å². The zero-order chi connectivity index (χ0) is 9.36. The Labute approximate surface area is 82.6 Å². The molecule has 0 amide bonds. The number of unbranched alkanes of at least 4 members (excludes halogenated alkanes) is 3. The highest BCUT2D eigenvalue weighted by Crippen LogP contribution is 2.08. The molecule has 4 nitrogen and oxygen atoms in total. The van der Waals surface area contributed by atoms with Crippen molar-refractivity contribution in [1.82, 2.24) is 10.2 Å². The molecule has 5 heteroatoms. The minimum Gasteiger partial charge on any atom is -0.360 e. The molecule has 74 valence electrons. The summed E-state index contributed by atoms with van der Waals surface area (Å²) >= 11 is 1.54. The Balaban J connectivity index is 1.90. The Morgan fingerprint density at radius 1 is 1.31 bits per heavy atom. The topological polar surface area (TPSA) is 63.8 Å². The summed E-state index contributed by atoms with van der Waals surface area (Å²) in [6, 6.07) is 0. The Hall–Kier alpha value is -0.680. The molecule has 13 heavy (non-hydrogen) atoms. The third-order valence-corrected chi connectivity index (χ3v) is 2.42. The zero-order valence-corrected chi connectivity index (χ0v) is 8.52. The molecular weight excluding hydrogens is 184 g/mol. The smallest absolute Gasteiger partial charge is 0.205 e. The number of anilines is 1. The molecule has 0 spiro atoms. The third kappa shape index (κ3) is 4.80. The van der Waals surface area contributed by atoms with Crippen LogP contribution in [0, 0.1) is 0 Å². The summed E-state index contributed by atoms with van der Waals surface area (Å²) in [6.07, 6.45) is 4.79. The summed E-state index contributed by atoms with van der Waals surface area (Å²) in [7, 11) is 0. The first-order chi connectivity index (χ1) is 6.43. The average Bonchev–Trinajstić information content (AvgIpc) is 2.63. The van der Waals surface area contributed by atoms with Crippen LogP contribution >= 0.6 is 11.3 Å². The molecule has 0 radical (unpaired) electrons. The van der Waals surface area contributed by atoms with Gasteiger partial charge in [-0.3, -0.25) is 0 Å². The zero-order valence-electron chi connectivity index (χ0n) is 7.70. The van der Waals surface area contributed by atoms with Crippen molar-refractivity contribution in [3.05, 3.63) is 5.51 Å². The lowest BCUT2D eigenvalue weighted by Gasteiger charge is -2.00. The van der Waals surface area contributed by atoms with E-state index in [0.29, 0.717) is 0 Å². The van der Waals surface area contributed by atoms with E-state index in [9.17, 15) is 0 Å². The van der Waals surface area contributed by atoms with Crippen molar-refractivity contribution in [2.45, 2.75) is 25.7 Å². The van der Waals surface area contributed by atoms with E-state index in [-0.39, 0.29) is 0 Å². The first kappa shape index (κ1) is 10.4. The molecule has 0 atom stereocenters. The van der Waals surface area contributed by atoms with Crippen LogP contribution in [0.2, 0.25) is 0 Å². The average molecular weight is 200 g/mol. The highest BCUT2D eigenvalue weighted by molar-refractivity contribution is 7.13. The van der Waals surface area contributed by atoms with Crippen LogP contribution in [0.5, 0.6) is 0 Å². The van der Waals surface area contributed by atoms with E-state index in [1.807, 2.05) is 0 Å². The highest BCUT2D eigenvalue weighted by atomic mass is 32.1. The second-order valence-electron chi connectivity index (χ2n) is 2.87. The molecule has 0 aliphatic carbocycles. The van der Waals surface area contributed by atoms with Gasteiger partial charge in [0.1, 0.15) is 5.51 Å². The number of nitrogens with zero attached hydrogens (tertiary/aromatic N) is 2. The molecule has 0 aliphatic heterocycles. The van der Waals surface area contributed by atoms with Gasteiger partial charge in [0, 0.05) is 6.54 Å². The highest BCUT2D eigenvalue weighted by Gasteiger charge is 1.93. The van der Waals surface area contributed by atoms with Gasteiger partial charge in [0.05, 0.1) is 0 Å². The molecule has 0 fully saturated rings. The Morgan fingerprint density at radius 3 is 2.85 bits per heavy atom. The van der Waals surface area contributed by atoms with Gasteiger partial charge in [0.2, 0.25) is 5.13 Å². The van der Waals surface area contributed by atoms with Crippen molar-refractivity contribution >= 4 is 16.5 Å². The molecular formula is C8H16N4S. The van der Waals surface area contributed by atoms with Gasteiger partial charge in [0.25, 0.3) is 0 Å². The predicted molar refractivity (Wildman–Crippen MR) is 55.9 cm³/mol. The van der Waals surface area contributed by atoms with Crippen LogP contribution in [0.1, 0.15) is 25.7 Å². The molecule has 1 aromatic heterocycles. The van der Waals surface area contributed by atoms with Crippen molar-refractivity contribution in [3.63, 3.8) is 0 Å². The van der Waals surface area contributed by atoms with Crippen LogP contribution in [0.3, 0.4) is 0 Å². The first-order valence-corrected chi connectivity index (χ1v) is 5.51. The largest absolute Gasteiger partial charge is 0.360 e. The van der Waals surface area contributed by atoms with Crippen molar-refractivity contribution < 1.29 is 0 Å². The Kier molecular flexibility index (Phi) is 5.44. The Morgan fingerprint density at radius 2 is 2.15 bits per heavy atom. The van der Waals surface area contributed by atoms with Crippen molar-refractivity contribution in [2.24, 2.45) is 5.73 Å². The normalized spacial score (nSPS) is 10.2. The van der Waals surface area contributed by atoms with Gasteiger partial charge in [-0.2, -0.15) is 0 Å².